The smallest absolute Gasteiger partial charge is 0.227 e. The minimum atomic E-state index is 0.218. The molecule has 0 aromatic heterocycles. The second-order valence-corrected chi connectivity index (χ2v) is 6.20. The summed E-state index contributed by atoms with van der Waals surface area (Å²) in [6, 6.07) is 8.14. The van der Waals surface area contributed by atoms with Crippen molar-refractivity contribution in [2.24, 2.45) is 11.7 Å². The van der Waals surface area contributed by atoms with E-state index >= 15 is 0 Å². The summed E-state index contributed by atoms with van der Waals surface area (Å²) in [4.78, 5) is 14.2. The van der Waals surface area contributed by atoms with Crippen molar-refractivity contribution < 1.29 is 4.79 Å². The third-order valence-electron chi connectivity index (χ3n) is 3.94. The summed E-state index contributed by atoms with van der Waals surface area (Å²) in [6.07, 6.45) is 2.53. The molecule has 0 aliphatic carbocycles. The Kier molecular flexibility index (Phi) is 4.99. The quantitative estimate of drug-likeness (QED) is 0.928. The number of piperidine rings is 1. The van der Waals surface area contributed by atoms with E-state index in [0.717, 1.165) is 36.0 Å². The van der Waals surface area contributed by atoms with E-state index in [1.54, 1.807) is 0 Å². The predicted octanol–water partition coefficient (Wildman–Crippen LogP) is 2.58. The van der Waals surface area contributed by atoms with Gasteiger partial charge < -0.3 is 10.6 Å². The first-order valence-electron chi connectivity index (χ1n) is 6.84. The van der Waals surface area contributed by atoms with Crippen LogP contribution in [0.25, 0.3) is 0 Å². The average Bonchev–Trinajstić information content (AvgIpc) is 2.41. The van der Waals surface area contributed by atoms with Gasteiger partial charge in [-0.1, -0.05) is 34.1 Å². The highest BCUT2D eigenvalue weighted by atomic mass is 79.9. The zero-order chi connectivity index (χ0) is 13.8. The third-order valence-corrected chi connectivity index (χ3v) is 4.71. The van der Waals surface area contributed by atoms with E-state index in [4.69, 9.17) is 5.73 Å². The van der Waals surface area contributed by atoms with Crippen LogP contribution in [0.3, 0.4) is 0 Å². The third kappa shape index (κ3) is 3.80. The van der Waals surface area contributed by atoms with Crippen LogP contribution in [0.2, 0.25) is 0 Å². The number of carbonyl (C=O) groups excluding carboxylic acids is 1. The minimum absolute atomic E-state index is 0.218. The van der Waals surface area contributed by atoms with Gasteiger partial charge in [0.05, 0.1) is 6.42 Å². The molecule has 1 fully saturated rings. The maximum absolute atomic E-state index is 12.3. The summed E-state index contributed by atoms with van der Waals surface area (Å²) in [5.74, 6) is 0.780. The molecule has 2 rings (SSSR count). The first-order chi connectivity index (χ1) is 9.08. The number of benzene rings is 1. The van der Waals surface area contributed by atoms with Crippen LogP contribution in [0.5, 0.6) is 0 Å². The van der Waals surface area contributed by atoms with Crippen molar-refractivity contribution in [3.05, 3.63) is 34.3 Å². The van der Waals surface area contributed by atoms with Gasteiger partial charge >= 0.3 is 0 Å². The van der Waals surface area contributed by atoms with Crippen LogP contribution in [-0.2, 0) is 11.2 Å². The first kappa shape index (κ1) is 14.5. The van der Waals surface area contributed by atoms with Crippen molar-refractivity contribution in [2.45, 2.75) is 32.2 Å². The van der Waals surface area contributed by atoms with Gasteiger partial charge in [-0.05, 0) is 37.3 Å². The van der Waals surface area contributed by atoms with E-state index in [-0.39, 0.29) is 11.9 Å². The van der Waals surface area contributed by atoms with Crippen LogP contribution in [0, 0.1) is 5.92 Å². The molecule has 1 saturated heterocycles. The number of likely N-dealkylation sites (tertiary alicyclic amines) is 1. The molecule has 1 atom stereocenters. The highest BCUT2D eigenvalue weighted by molar-refractivity contribution is 9.10. The number of hydrogen-bond acceptors (Lipinski definition) is 2. The van der Waals surface area contributed by atoms with Gasteiger partial charge in [0.1, 0.15) is 0 Å². The number of amides is 1. The van der Waals surface area contributed by atoms with E-state index in [2.05, 4.69) is 22.9 Å². The Morgan fingerprint density at radius 3 is 2.63 bits per heavy atom. The largest absolute Gasteiger partial charge is 0.342 e. The van der Waals surface area contributed by atoms with E-state index in [1.807, 2.05) is 29.2 Å². The SMILES string of the molecule is CC(N)C1CCN(C(=O)Cc2ccccc2Br)CC1. The lowest BCUT2D eigenvalue weighted by molar-refractivity contribution is -0.131. The molecule has 19 heavy (non-hydrogen) atoms. The average molecular weight is 325 g/mol. The predicted molar refractivity (Wildman–Crippen MR) is 80.8 cm³/mol. The first-order valence-corrected chi connectivity index (χ1v) is 7.64. The molecule has 2 N–H and O–H groups in total. The number of halogens is 1. The zero-order valence-electron chi connectivity index (χ0n) is 11.3. The van der Waals surface area contributed by atoms with Crippen LogP contribution in [-0.4, -0.2) is 29.9 Å². The van der Waals surface area contributed by atoms with Crippen molar-refractivity contribution in [2.75, 3.05) is 13.1 Å². The van der Waals surface area contributed by atoms with Gasteiger partial charge in [0, 0.05) is 23.6 Å². The highest BCUT2D eigenvalue weighted by Crippen LogP contribution is 2.22. The summed E-state index contributed by atoms with van der Waals surface area (Å²) in [5.41, 5.74) is 6.98. The molecule has 104 valence electrons. The Bertz CT molecular complexity index is 440. The molecule has 1 unspecified atom stereocenters. The maximum atomic E-state index is 12.3. The molecule has 0 saturated carbocycles. The normalized spacial score (nSPS) is 18.4. The van der Waals surface area contributed by atoms with Gasteiger partial charge in [-0.2, -0.15) is 0 Å². The van der Waals surface area contributed by atoms with Gasteiger partial charge in [0.25, 0.3) is 0 Å². The summed E-state index contributed by atoms with van der Waals surface area (Å²) in [6.45, 7) is 3.74. The molecular formula is C15H21BrN2O. The molecule has 1 aromatic rings. The van der Waals surface area contributed by atoms with Crippen molar-refractivity contribution in [1.82, 2.24) is 4.90 Å². The standard InChI is InChI=1S/C15H21BrN2O/c1-11(17)12-6-8-18(9-7-12)15(19)10-13-4-2-3-5-14(13)16/h2-5,11-12H,6-10,17H2,1H3. The summed E-state index contributed by atoms with van der Waals surface area (Å²) < 4.78 is 1.01. The van der Waals surface area contributed by atoms with Gasteiger partial charge in [-0.25, -0.2) is 0 Å². The van der Waals surface area contributed by atoms with Gasteiger partial charge in [0.2, 0.25) is 5.91 Å². The number of rotatable bonds is 3. The Morgan fingerprint density at radius 1 is 1.42 bits per heavy atom. The van der Waals surface area contributed by atoms with Crippen LogP contribution in [0.1, 0.15) is 25.3 Å². The Hall–Kier alpha value is -0.870. The molecule has 0 spiro atoms. The highest BCUT2D eigenvalue weighted by Gasteiger charge is 2.24. The molecule has 3 nitrogen and oxygen atoms in total. The maximum Gasteiger partial charge on any atom is 0.227 e. The molecule has 4 heteroatoms. The Balaban J connectivity index is 1.90. The molecule has 1 aliphatic rings. The van der Waals surface area contributed by atoms with Crippen LogP contribution in [0.4, 0.5) is 0 Å². The molecular weight excluding hydrogens is 304 g/mol. The fraction of sp³-hybridized carbons (Fsp3) is 0.533. The van der Waals surface area contributed by atoms with Crippen molar-refractivity contribution in [1.29, 1.82) is 0 Å². The van der Waals surface area contributed by atoms with Crippen LogP contribution in [0.15, 0.2) is 28.7 Å². The lowest BCUT2D eigenvalue weighted by atomic mass is 9.91. The monoisotopic (exact) mass is 324 g/mol. The lowest BCUT2D eigenvalue weighted by Crippen LogP contribution is -2.43. The molecule has 1 aromatic carbocycles. The summed E-state index contributed by atoms with van der Waals surface area (Å²) >= 11 is 3.49. The fourth-order valence-electron chi connectivity index (χ4n) is 2.59. The number of nitrogens with two attached hydrogens (primary N) is 1. The molecule has 1 aliphatic heterocycles. The van der Waals surface area contributed by atoms with E-state index in [0.29, 0.717) is 12.3 Å². The molecule has 0 bridgehead atoms. The van der Waals surface area contributed by atoms with E-state index in [1.165, 1.54) is 0 Å². The Labute approximate surface area is 123 Å². The van der Waals surface area contributed by atoms with Crippen molar-refractivity contribution >= 4 is 21.8 Å². The van der Waals surface area contributed by atoms with Gasteiger partial charge in [0.15, 0.2) is 0 Å². The lowest BCUT2D eigenvalue weighted by Gasteiger charge is -2.33. The second kappa shape index (κ2) is 6.53. The summed E-state index contributed by atoms with van der Waals surface area (Å²) in [5, 5.41) is 0. The van der Waals surface area contributed by atoms with Crippen LogP contribution >= 0.6 is 15.9 Å². The molecule has 0 radical (unpaired) electrons. The molecule has 1 amide bonds. The van der Waals surface area contributed by atoms with Gasteiger partial charge in [-0.3, -0.25) is 4.79 Å². The zero-order valence-corrected chi connectivity index (χ0v) is 12.9. The topological polar surface area (TPSA) is 46.3 Å². The number of hydrogen-bond donors (Lipinski definition) is 1. The fourth-order valence-corrected chi connectivity index (χ4v) is 3.02. The summed E-state index contributed by atoms with van der Waals surface area (Å²) in [7, 11) is 0. The molecule has 1 heterocycles. The van der Waals surface area contributed by atoms with Crippen LogP contribution < -0.4 is 5.73 Å². The Morgan fingerprint density at radius 2 is 2.05 bits per heavy atom. The second-order valence-electron chi connectivity index (χ2n) is 5.35. The minimum Gasteiger partial charge on any atom is -0.342 e. The van der Waals surface area contributed by atoms with E-state index in [9.17, 15) is 4.79 Å². The van der Waals surface area contributed by atoms with Crippen molar-refractivity contribution in [3.8, 4) is 0 Å². The number of carbonyl (C=O) groups is 1. The van der Waals surface area contributed by atoms with Crippen molar-refractivity contribution in [3.63, 3.8) is 0 Å². The van der Waals surface area contributed by atoms with Gasteiger partial charge in [-0.15, -0.1) is 0 Å². The number of nitrogens with zero attached hydrogens (tertiary/aromatic N) is 1. The van der Waals surface area contributed by atoms with E-state index < -0.39 is 0 Å².